The number of hydrogen-bond donors (Lipinski definition) is 0. The highest BCUT2D eigenvalue weighted by molar-refractivity contribution is 6.21. The number of anilines is 6. The lowest BCUT2D eigenvalue weighted by atomic mass is 9.67. The minimum atomic E-state index is -0.911. The Morgan fingerprint density at radius 1 is 0.206 bits per heavy atom. The molecule has 1 aliphatic carbocycles. The van der Waals surface area contributed by atoms with Crippen LogP contribution in [0.1, 0.15) is 22.3 Å². The van der Waals surface area contributed by atoms with Crippen LogP contribution in [-0.4, -0.2) is 0 Å². The molecule has 0 amide bonds. The Kier molecular flexibility index (Phi) is 13.1. The van der Waals surface area contributed by atoms with Crippen molar-refractivity contribution < 1.29 is 8.83 Å². The standard InChI is InChI=1S/C93H60N2O2/c1-7-29-61(30-8-1)65-37-23-43-69(57-65)94(83-55-27-53-79-77-51-25-49-71(89(77)96-91(79)83)63-33-11-3-12-34-63)85-59-81-87(75-47-21-19-45-73(75)85)88-76-48-22-20-46-74(76)86(60-82(88)93(81,67-39-15-5-16-40-67)68-41-17-6-18-42-68)95(70-44-24-38-66(58-70)62-31-9-2-10-32-62)84-56-28-54-80-78-52-26-50-72(90(78)97-92(80)84)64-35-13-4-14-36-64/h1-60H. The van der Waals surface area contributed by atoms with E-state index in [1.54, 1.807) is 0 Å². The van der Waals surface area contributed by atoms with E-state index in [-0.39, 0.29) is 0 Å². The van der Waals surface area contributed by atoms with Gasteiger partial charge >= 0.3 is 0 Å². The Morgan fingerprint density at radius 2 is 0.505 bits per heavy atom. The lowest BCUT2D eigenvalue weighted by molar-refractivity contribution is 0.670. The average molecular weight is 1240 g/mol. The Morgan fingerprint density at radius 3 is 0.897 bits per heavy atom. The summed E-state index contributed by atoms with van der Waals surface area (Å²) in [4.78, 5) is 4.96. The molecule has 1 aliphatic rings. The molecule has 0 N–H and O–H groups in total. The largest absolute Gasteiger partial charge is 0.453 e. The van der Waals surface area contributed by atoms with Crippen LogP contribution in [0.3, 0.4) is 0 Å². The highest BCUT2D eigenvalue weighted by atomic mass is 16.3. The number of para-hydroxylation sites is 4. The zero-order chi connectivity index (χ0) is 64.0. The molecule has 4 nitrogen and oxygen atoms in total. The monoisotopic (exact) mass is 1240 g/mol. The lowest BCUT2D eigenvalue weighted by Crippen LogP contribution is -2.29. The summed E-state index contributed by atoms with van der Waals surface area (Å²) in [5, 5.41) is 8.71. The van der Waals surface area contributed by atoms with E-state index in [1.165, 1.54) is 22.3 Å². The number of furan rings is 2. The summed E-state index contributed by atoms with van der Waals surface area (Å²) in [6.07, 6.45) is 0. The fourth-order valence-electron chi connectivity index (χ4n) is 15.9. The summed E-state index contributed by atoms with van der Waals surface area (Å²) in [5.74, 6) is 0. The third-order valence-corrected chi connectivity index (χ3v) is 20.1. The van der Waals surface area contributed by atoms with Crippen molar-refractivity contribution >= 4 is 99.5 Å². The molecule has 0 unspecified atom stereocenters. The number of fused-ring (bicyclic) bond motifs is 13. The Bertz CT molecular complexity index is 5690. The maximum atomic E-state index is 7.45. The molecule has 18 aromatic rings. The van der Waals surface area contributed by atoms with Gasteiger partial charge in [-0.05, 0) is 126 Å². The SMILES string of the molecule is c1ccc(-c2cccc(N(c3cc4c(c5ccccc35)-c3c(cc(N(c5cccc(-c6ccccc6)c5)c5cccc6c5oc5c(-c7ccccc7)cccc56)c5ccccc35)C4(c3ccccc3)c3ccccc3)c3cccc4c3oc3c(-c5ccccc5)cccc34)c2)cc1. The van der Waals surface area contributed by atoms with Gasteiger partial charge in [0.1, 0.15) is 11.2 Å². The zero-order valence-corrected chi connectivity index (χ0v) is 52.9. The van der Waals surface area contributed by atoms with Gasteiger partial charge in [-0.25, -0.2) is 0 Å². The molecule has 16 aromatic carbocycles. The van der Waals surface area contributed by atoms with Crippen LogP contribution in [0.15, 0.2) is 373 Å². The van der Waals surface area contributed by atoms with Crippen molar-refractivity contribution in [3.63, 3.8) is 0 Å². The third-order valence-electron chi connectivity index (χ3n) is 20.1. The van der Waals surface area contributed by atoms with Crippen molar-refractivity contribution in [3.8, 4) is 55.6 Å². The first kappa shape index (κ1) is 55.8. The van der Waals surface area contributed by atoms with E-state index in [4.69, 9.17) is 8.83 Å². The molecule has 4 heteroatoms. The van der Waals surface area contributed by atoms with E-state index in [1.807, 2.05) is 0 Å². The molecule has 97 heavy (non-hydrogen) atoms. The Balaban J connectivity index is 0.932. The van der Waals surface area contributed by atoms with Crippen LogP contribution in [0.4, 0.5) is 34.1 Å². The summed E-state index contributed by atoms with van der Waals surface area (Å²) in [5.41, 5.74) is 24.2. The minimum Gasteiger partial charge on any atom is -0.453 e. The zero-order valence-electron chi connectivity index (χ0n) is 52.9. The van der Waals surface area contributed by atoms with Crippen molar-refractivity contribution in [2.45, 2.75) is 5.41 Å². The van der Waals surface area contributed by atoms with Gasteiger partial charge in [-0.2, -0.15) is 0 Å². The molecule has 2 aromatic heterocycles. The first-order chi connectivity index (χ1) is 48.2. The van der Waals surface area contributed by atoms with Gasteiger partial charge in [-0.3, -0.25) is 0 Å². The second kappa shape index (κ2) is 22.8. The second-order valence-electron chi connectivity index (χ2n) is 25.3. The van der Waals surface area contributed by atoms with Gasteiger partial charge in [0.15, 0.2) is 11.2 Å². The van der Waals surface area contributed by atoms with Crippen molar-refractivity contribution in [2.75, 3.05) is 9.80 Å². The van der Waals surface area contributed by atoms with Gasteiger partial charge < -0.3 is 18.6 Å². The van der Waals surface area contributed by atoms with E-state index >= 15 is 0 Å². The van der Waals surface area contributed by atoms with Crippen LogP contribution in [0.2, 0.25) is 0 Å². The van der Waals surface area contributed by atoms with E-state index < -0.39 is 5.41 Å². The molecular weight excluding hydrogens is 1180 g/mol. The van der Waals surface area contributed by atoms with E-state index in [2.05, 4.69) is 374 Å². The Labute approximate surface area is 562 Å². The molecule has 0 spiro atoms. The molecule has 454 valence electrons. The predicted molar refractivity (Wildman–Crippen MR) is 404 cm³/mol. The van der Waals surface area contributed by atoms with Gasteiger partial charge in [0.05, 0.1) is 28.2 Å². The van der Waals surface area contributed by atoms with Crippen LogP contribution in [0.25, 0.3) is 121 Å². The topological polar surface area (TPSA) is 32.8 Å². The van der Waals surface area contributed by atoms with Crippen molar-refractivity contribution in [3.05, 3.63) is 386 Å². The first-order valence-corrected chi connectivity index (χ1v) is 33.3. The molecule has 2 heterocycles. The number of hydrogen-bond acceptors (Lipinski definition) is 4. The first-order valence-electron chi connectivity index (χ1n) is 33.3. The van der Waals surface area contributed by atoms with Crippen molar-refractivity contribution in [1.29, 1.82) is 0 Å². The summed E-state index contributed by atoms with van der Waals surface area (Å²) in [7, 11) is 0. The normalized spacial score (nSPS) is 12.4. The summed E-state index contributed by atoms with van der Waals surface area (Å²) in [6, 6.07) is 133. The van der Waals surface area contributed by atoms with Crippen LogP contribution in [-0.2, 0) is 5.41 Å². The minimum absolute atomic E-state index is 0.805. The van der Waals surface area contributed by atoms with Gasteiger partial charge in [0, 0.05) is 54.8 Å². The molecule has 0 bridgehead atoms. The lowest BCUT2D eigenvalue weighted by Gasteiger charge is -2.36. The summed E-state index contributed by atoms with van der Waals surface area (Å²) < 4.78 is 14.9. The molecule has 0 atom stereocenters. The molecule has 0 saturated heterocycles. The predicted octanol–water partition coefficient (Wildman–Crippen LogP) is 25.8. The van der Waals surface area contributed by atoms with Gasteiger partial charge in [-0.15, -0.1) is 0 Å². The third kappa shape index (κ3) is 8.84. The molecule has 19 rings (SSSR count). The molecule has 0 saturated carbocycles. The maximum absolute atomic E-state index is 7.45. The summed E-state index contributed by atoms with van der Waals surface area (Å²) in [6.45, 7) is 0. The van der Waals surface area contributed by atoms with Crippen molar-refractivity contribution in [2.24, 2.45) is 0 Å². The van der Waals surface area contributed by atoms with E-state index in [0.717, 1.165) is 155 Å². The fraction of sp³-hybridized carbons (Fsp3) is 0.0108. The summed E-state index contributed by atoms with van der Waals surface area (Å²) >= 11 is 0. The smallest absolute Gasteiger partial charge is 0.159 e. The quantitative estimate of drug-likeness (QED) is 0.122. The van der Waals surface area contributed by atoms with Crippen molar-refractivity contribution in [1.82, 2.24) is 0 Å². The van der Waals surface area contributed by atoms with Crippen LogP contribution < -0.4 is 9.80 Å². The second-order valence-corrected chi connectivity index (χ2v) is 25.3. The fourth-order valence-corrected chi connectivity index (χ4v) is 15.9. The Hall–Kier alpha value is -12.8. The molecule has 0 aliphatic heterocycles. The number of benzene rings is 16. The van der Waals surface area contributed by atoms with E-state index in [9.17, 15) is 0 Å². The number of nitrogens with zero attached hydrogens (tertiary/aromatic N) is 2. The van der Waals surface area contributed by atoms with Gasteiger partial charge in [0.25, 0.3) is 0 Å². The average Bonchev–Trinajstić information content (AvgIpc) is 1.53. The molecule has 0 fully saturated rings. The van der Waals surface area contributed by atoms with Gasteiger partial charge in [-0.1, -0.05) is 315 Å². The molecule has 0 radical (unpaired) electrons. The van der Waals surface area contributed by atoms with Gasteiger partial charge in [0.2, 0.25) is 0 Å². The highest BCUT2D eigenvalue weighted by Crippen LogP contribution is 2.63. The van der Waals surface area contributed by atoms with Crippen LogP contribution in [0, 0.1) is 0 Å². The van der Waals surface area contributed by atoms with E-state index in [0.29, 0.717) is 0 Å². The maximum Gasteiger partial charge on any atom is 0.159 e. The van der Waals surface area contributed by atoms with Crippen LogP contribution in [0.5, 0.6) is 0 Å². The highest BCUT2D eigenvalue weighted by Gasteiger charge is 2.49. The number of rotatable bonds is 12. The molecular formula is C93H60N2O2. The van der Waals surface area contributed by atoms with Crippen LogP contribution >= 0.6 is 0 Å².